The molecular formula is C16H19NO4. The van der Waals surface area contributed by atoms with Gasteiger partial charge in [-0.1, -0.05) is 43.5 Å². The molecule has 0 unspecified atom stereocenters. The highest BCUT2D eigenvalue weighted by Gasteiger charge is 2.37. The summed E-state index contributed by atoms with van der Waals surface area (Å²) in [6.07, 6.45) is 2.02. The lowest BCUT2D eigenvalue weighted by Crippen LogP contribution is -2.50. The van der Waals surface area contributed by atoms with Crippen LogP contribution in [0.2, 0.25) is 0 Å². The van der Waals surface area contributed by atoms with Crippen molar-refractivity contribution in [3.8, 4) is 0 Å². The third-order valence-corrected chi connectivity index (χ3v) is 2.87. The Morgan fingerprint density at radius 3 is 2.05 bits per heavy atom. The number of rotatable bonds is 7. The Hall–Kier alpha value is -2.40. The fourth-order valence-corrected chi connectivity index (χ4v) is 1.63. The SMILES string of the molecule is C=CC(=O)OC(C)(OC(=O)C=C)N(C)Cc1ccccc1. The van der Waals surface area contributed by atoms with Crippen LogP contribution in [0.15, 0.2) is 55.6 Å². The molecule has 1 rings (SSSR count). The van der Waals surface area contributed by atoms with Crippen molar-refractivity contribution >= 4 is 11.9 Å². The number of benzene rings is 1. The predicted molar refractivity (Wildman–Crippen MR) is 78.9 cm³/mol. The first kappa shape index (κ1) is 16.7. The smallest absolute Gasteiger partial charge is 0.334 e. The van der Waals surface area contributed by atoms with Crippen molar-refractivity contribution in [1.82, 2.24) is 4.90 Å². The van der Waals surface area contributed by atoms with Gasteiger partial charge in [0.25, 0.3) is 0 Å². The number of hydrogen-bond donors (Lipinski definition) is 0. The van der Waals surface area contributed by atoms with Crippen molar-refractivity contribution < 1.29 is 19.1 Å². The predicted octanol–water partition coefficient (Wildman–Crippen LogP) is 2.25. The van der Waals surface area contributed by atoms with Crippen molar-refractivity contribution in [2.45, 2.75) is 19.4 Å². The van der Waals surface area contributed by atoms with Crippen molar-refractivity contribution in [2.24, 2.45) is 0 Å². The lowest BCUT2D eigenvalue weighted by atomic mass is 10.2. The minimum absolute atomic E-state index is 0.423. The standard InChI is InChI=1S/C16H19NO4/c1-5-14(18)20-16(3,21-15(19)6-2)17(4)12-13-10-8-7-9-11-13/h5-11H,1-2,12H2,3-4H3. The maximum Gasteiger partial charge on any atom is 0.334 e. The first-order valence-electron chi connectivity index (χ1n) is 6.37. The highest BCUT2D eigenvalue weighted by atomic mass is 16.8. The summed E-state index contributed by atoms with van der Waals surface area (Å²) in [5.41, 5.74) is 0.982. The van der Waals surface area contributed by atoms with Crippen molar-refractivity contribution in [1.29, 1.82) is 0 Å². The van der Waals surface area contributed by atoms with Crippen molar-refractivity contribution in [3.63, 3.8) is 0 Å². The van der Waals surface area contributed by atoms with E-state index in [1.54, 1.807) is 11.9 Å². The minimum atomic E-state index is -1.55. The van der Waals surface area contributed by atoms with Crippen molar-refractivity contribution in [3.05, 3.63) is 61.2 Å². The van der Waals surface area contributed by atoms with Crippen LogP contribution in [-0.2, 0) is 25.6 Å². The van der Waals surface area contributed by atoms with E-state index in [1.807, 2.05) is 30.3 Å². The number of carbonyl (C=O) groups excluding carboxylic acids is 2. The molecule has 5 heteroatoms. The normalized spacial score (nSPS) is 10.8. The van der Waals surface area contributed by atoms with Gasteiger partial charge in [-0.25, -0.2) is 14.5 Å². The molecule has 21 heavy (non-hydrogen) atoms. The van der Waals surface area contributed by atoms with E-state index in [2.05, 4.69) is 13.2 Å². The average molecular weight is 289 g/mol. The first-order valence-corrected chi connectivity index (χ1v) is 6.37. The summed E-state index contributed by atoms with van der Waals surface area (Å²) in [6, 6.07) is 9.53. The second kappa shape index (κ2) is 7.40. The zero-order valence-electron chi connectivity index (χ0n) is 12.2. The van der Waals surface area contributed by atoms with Gasteiger partial charge in [0.2, 0.25) is 0 Å². The Kier molecular flexibility index (Phi) is 5.87. The molecule has 0 aliphatic carbocycles. The van der Waals surface area contributed by atoms with E-state index in [-0.39, 0.29) is 0 Å². The summed E-state index contributed by atoms with van der Waals surface area (Å²) < 4.78 is 10.3. The number of esters is 2. The summed E-state index contributed by atoms with van der Waals surface area (Å²) in [5, 5.41) is 0. The maximum atomic E-state index is 11.5. The second-order valence-electron chi connectivity index (χ2n) is 4.49. The lowest BCUT2D eigenvalue weighted by Gasteiger charge is -2.36. The van der Waals surface area contributed by atoms with E-state index >= 15 is 0 Å². The molecule has 0 fully saturated rings. The largest absolute Gasteiger partial charge is 0.405 e. The molecule has 112 valence electrons. The van der Waals surface area contributed by atoms with Gasteiger partial charge in [0.15, 0.2) is 0 Å². The number of carbonyl (C=O) groups is 2. The van der Waals surface area contributed by atoms with Crippen LogP contribution < -0.4 is 0 Å². The fraction of sp³-hybridized carbons (Fsp3) is 0.250. The molecule has 0 radical (unpaired) electrons. The van der Waals surface area contributed by atoms with Gasteiger partial charge in [0, 0.05) is 25.6 Å². The summed E-state index contributed by atoms with van der Waals surface area (Å²) in [7, 11) is 1.68. The van der Waals surface area contributed by atoms with Gasteiger partial charge < -0.3 is 9.47 Å². The molecule has 0 amide bonds. The van der Waals surface area contributed by atoms with Gasteiger partial charge in [-0.2, -0.15) is 0 Å². The summed E-state index contributed by atoms with van der Waals surface area (Å²) in [4.78, 5) is 24.5. The minimum Gasteiger partial charge on any atom is -0.405 e. The Balaban J connectivity index is 2.93. The molecule has 0 saturated carbocycles. The van der Waals surface area contributed by atoms with Gasteiger partial charge in [-0.3, -0.25) is 0 Å². The second-order valence-corrected chi connectivity index (χ2v) is 4.49. The number of hydrogen-bond acceptors (Lipinski definition) is 5. The molecule has 0 spiro atoms. The molecule has 0 atom stereocenters. The molecular weight excluding hydrogens is 270 g/mol. The first-order chi connectivity index (χ1) is 9.91. The van der Waals surface area contributed by atoms with Crippen LogP contribution in [0.1, 0.15) is 12.5 Å². The summed E-state index contributed by atoms with van der Waals surface area (Å²) in [6.45, 7) is 8.58. The Labute approximate surface area is 124 Å². The van der Waals surface area contributed by atoms with Crippen LogP contribution in [-0.4, -0.2) is 29.8 Å². The highest BCUT2D eigenvalue weighted by molar-refractivity contribution is 5.83. The van der Waals surface area contributed by atoms with Gasteiger partial charge in [0.05, 0.1) is 0 Å². The van der Waals surface area contributed by atoms with Gasteiger partial charge in [-0.05, 0) is 12.6 Å². The van der Waals surface area contributed by atoms with Crippen LogP contribution in [0.3, 0.4) is 0 Å². The zero-order chi connectivity index (χ0) is 15.9. The number of nitrogens with zero attached hydrogens (tertiary/aromatic N) is 1. The summed E-state index contributed by atoms with van der Waals surface area (Å²) >= 11 is 0. The van der Waals surface area contributed by atoms with Crippen molar-refractivity contribution in [2.75, 3.05) is 7.05 Å². The van der Waals surface area contributed by atoms with Crippen LogP contribution in [0, 0.1) is 0 Å². The molecule has 0 aliphatic rings. The summed E-state index contributed by atoms with van der Waals surface area (Å²) in [5.74, 6) is -2.92. The molecule has 0 heterocycles. The Bertz CT molecular complexity index is 502. The van der Waals surface area contributed by atoms with E-state index in [9.17, 15) is 9.59 Å². The fourth-order valence-electron chi connectivity index (χ4n) is 1.63. The van der Waals surface area contributed by atoms with E-state index in [0.717, 1.165) is 17.7 Å². The quantitative estimate of drug-likeness (QED) is 0.438. The average Bonchev–Trinajstić information content (AvgIpc) is 2.47. The topological polar surface area (TPSA) is 55.8 Å². The lowest BCUT2D eigenvalue weighted by molar-refractivity contribution is -0.271. The van der Waals surface area contributed by atoms with Gasteiger partial charge in [-0.15, -0.1) is 0 Å². The van der Waals surface area contributed by atoms with Crippen LogP contribution >= 0.6 is 0 Å². The van der Waals surface area contributed by atoms with E-state index in [0.29, 0.717) is 6.54 Å². The maximum absolute atomic E-state index is 11.5. The monoisotopic (exact) mass is 289 g/mol. The molecule has 0 N–H and O–H groups in total. The van der Waals surface area contributed by atoms with Crippen LogP contribution in [0.4, 0.5) is 0 Å². The molecule has 0 saturated heterocycles. The molecule has 1 aromatic rings. The zero-order valence-corrected chi connectivity index (χ0v) is 12.2. The molecule has 0 aliphatic heterocycles. The third-order valence-electron chi connectivity index (χ3n) is 2.87. The van der Waals surface area contributed by atoms with E-state index in [4.69, 9.17) is 9.47 Å². The molecule has 1 aromatic carbocycles. The van der Waals surface area contributed by atoms with Gasteiger partial charge in [0.1, 0.15) is 0 Å². The van der Waals surface area contributed by atoms with E-state index < -0.39 is 17.8 Å². The molecule has 0 bridgehead atoms. The van der Waals surface area contributed by atoms with Crippen LogP contribution in [0.5, 0.6) is 0 Å². The Morgan fingerprint density at radius 2 is 1.62 bits per heavy atom. The third kappa shape index (κ3) is 4.89. The van der Waals surface area contributed by atoms with Crippen LogP contribution in [0.25, 0.3) is 0 Å². The Morgan fingerprint density at radius 1 is 1.14 bits per heavy atom. The number of ether oxygens (including phenoxy) is 2. The molecule has 0 aromatic heterocycles. The molecule has 5 nitrogen and oxygen atoms in total. The highest BCUT2D eigenvalue weighted by Crippen LogP contribution is 2.21. The van der Waals surface area contributed by atoms with Gasteiger partial charge >= 0.3 is 17.8 Å². The van der Waals surface area contributed by atoms with E-state index in [1.165, 1.54) is 6.92 Å².